The topological polar surface area (TPSA) is 58.6 Å². The quantitative estimate of drug-likeness (QED) is 0.446. The molecule has 2 aliphatic heterocycles. The van der Waals surface area contributed by atoms with Crippen molar-refractivity contribution in [3.63, 3.8) is 0 Å². The van der Waals surface area contributed by atoms with E-state index in [-0.39, 0.29) is 35.5 Å². The highest BCUT2D eigenvalue weighted by molar-refractivity contribution is 5.87. The van der Waals surface area contributed by atoms with E-state index in [0.29, 0.717) is 31.6 Å². The van der Waals surface area contributed by atoms with E-state index in [2.05, 4.69) is 10.2 Å². The van der Waals surface area contributed by atoms with E-state index in [9.17, 15) is 35.9 Å². The number of alkyl halides is 6. The second kappa shape index (κ2) is 11.1. The van der Waals surface area contributed by atoms with Crippen LogP contribution in [0.1, 0.15) is 60.8 Å². The molecular formula is C30H32F6N2O3. The number of hydrogen-bond donors (Lipinski definition) is 1. The van der Waals surface area contributed by atoms with Crippen molar-refractivity contribution in [2.45, 2.75) is 68.9 Å². The van der Waals surface area contributed by atoms with Crippen LogP contribution in [0.15, 0.2) is 48.5 Å². The van der Waals surface area contributed by atoms with Crippen LogP contribution in [0.4, 0.5) is 26.3 Å². The van der Waals surface area contributed by atoms with Gasteiger partial charge in [0.2, 0.25) is 5.91 Å². The summed E-state index contributed by atoms with van der Waals surface area (Å²) >= 11 is 0. The molecule has 1 amide bonds. The van der Waals surface area contributed by atoms with Crippen LogP contribution in [0.3, 0.4) is 0 Å². The Labute approximate surface area is 234 Å². The Balaban J connectivity index is 1.30. The molecule has 0 bridgehead atoms. The fourth-order valence-electron chi connectivity index (χ4n) is 6.63. The molecule has 41 heavy (non-hydrogen) atoms. The number of hydrogen-bond acceptors (Lipinski definition) is 4. The molecule has 0 atom stereocenters. The molecule has 1 aliphatic carbocycles. The Hall–Kier alpha value is -2.92. The zero-order valence-corrected chi connectivity index (χ0v) is 22.4. The van der Waals surface area contributed by atoms with Gasteiger partial charge in [0.1, 0.15) is 6.61 Å². The lowest BCUT2D eigenvalue weighted by atomic mass is 9.72. The summed E-state index contributed by atoms with van der Waals surface area (Å²) in [5.41, 5.74) is -3.56. The molecular weight excluding hydrogens is 550 g/mol. The molecule has 5 rings (SSSR count). The molecule has 2 saturated heterocycles. The molecule has 1 spiro atoms. The van der Waals surface area contributed by atoms with Gasteiger partial charge < -0.3 is 15.0 Å². The van der Waals surface area contributed by atoms with E-state index >= 15 is 0 Å². The van der Waals surface area contributed by atoms with Gasteiger partial charge in [-0.3, -0.25) is 9.59 Å². The maximum Gasteiger partial charge on any atom is 0.416 e. The van der Waals surface area contributed by atoms with Crippen molar-refractivity contribution in [3.8, 4) is 0 Å². The van der Waals surface area contributed by atoms with Crippen molar-refractivity contribution >= 4 is 11.7 Å². The standard InChI is InChI=1S/C30H32F6N2O3/c31-29(32,33)22-14-20(15-23(17-22)30(34,35)36)16-26(40)37-28(21-4-2-1-3-5-21)8-6-24(7-9-28)38-12-10-27(11-13-38)19-41-18-25(27)39/h1-5,14-15,17,24H,6-13,16,18-19H2,(H,37,40). The minimum atomic E-state index is -4.98. The monoisotopic (exact) mass is 582 g/mol. The Bertz CT molecular complexity index is 1230. The molecule has 3 aliphatic rings. The number of piperidine rings is 1. The lowest BCUT2D eigenvalue weighted by Crippen LogP contribution is -2.54. The van der Waals surface area contributed by atoms with E-state index in [4.69, 9.17) is 4.74 Å². The number of nitrogens with one attached hydrogen (secondary N) is 1. The first-order valence-electron chi connectivity index (χ1n) is 13.8. The first-order chi connectivity index (χ1) is 19.3. The summed E-state index contributed by atoms with van der Waals surface area (Å²) in [6, 6.07) is 10.8. The van der Waals surface area contributed by atoms with Crippen molar-refractivity contribution in [2.24, 2.45) is 5.41 Å². The fraction of sp³-hybridized carbons (Fsp3) is 0.533. The number of carbonyl (C=O) groups excluding carboxylic acids is 2. The van der Waals surface area contributed by atoms with Crippen LogP contribution in [-0.4, -0.2) is 48.9 Å². The first-order valence-corrected chi connectivity index (χ1v) is 13.8. The van der Waals surface area contributed by atoms with E-state index in [1.807, 2.05) is 30.3 Å². The van der Waals surface area contributed by atoms with E-state index < -0.39 is 41.3 Å². The number of likely N-dealkylation sites (tertiary alicyclic amines) is 1. The van der Waals surface area contributed by atoms with Gasteiger partial charge in [-0.15, -0.1) is 0 Å². The number of ether oxygens (including phenoxy) is 1. The van der Waals surface area contributed by atoms with Crippen molar-refractivity contribution in [1.82, 2.24) is 10.2 Å². The van der Waals surface area contributed by atoms with Gasteiger partial charge in [0.05, 0.1) is 35.1 Å². The van der Waals surface area contributed by atoms with Gasteiger partial charge in [-0.1, -0.05) is 30.3 Å². The molecule has 0 radical (unpaired) electrons. The van der Waals surface area contributed by atoms with E-state index in [1.165, 1.54) is 0 Å². The fourth-order valence-corrected chi connectivity index (χ4v) is 6.63. The summed E-state index contributed by atoms with van der Waals surface area (Å²) in [5.74, 6) is -0.464. The third kappa shape index (κ3) is 6.30. The smallest absolute Gasteiger partial charge is 0.373 e. The summed E-state index contributed by atoms with van der Waals surface area (Å²) in [7, 11) is 0. The highest BCUT2D eigenvalue weighted by Gasteiger charge is 2.47. The van der Waals surface area contributed by atoms with Crippen LogP contribution in [0, 0.1) is 5.41 Å². The second-order valence-electron chi connectivity index (χ2n) is 11.6. The number of halogens is 6. The van der Waals surface area contributed by atoms with E-state index in [1.54, 1.807) is 0 Å². The molecule has 0 unspecified atom stereocenters. The Morgan fingerprint density at radius 3 is 2.00 bits per heavy atom. The Morgan fingerprint density at radius 2 is 1.49 bits per heavy atom. The Morgan fingerprint density at radius 1 is 0.902 bits per heavy atom. The molecule has 1 N–H and O–H groups in total. The zero-order valence-electron chi connectivity index (χ0n) is 22.4. The normalized spacial score (nSPS) is 25.4. The third-order valence-electron chi connectivity index (χ3n) is 9.00. The second-order valence-corrected chi connectivity index (χ2v) is 11.6. The van der Waals surface area contributed by atoms with Gasteiger partial charge in [-0.25, -0.2) is 0 Å². The lowest BCUT2D eigenvalue weighted by Gasteiger charge is -2.47. The highest BCUT2D eigenvalue weighted by Crippen LogP contribution is 2.43. The van der Waals surface area contributed by atoms with Crippen molar-refractivity contribution in [3.05, 3.63) is 70.8 Å². The number of Topliss-reactive ketones (excluding diaryl/α,β-unsaturated/α-hetero) is 1. The van der Waals surface area contributed by atoms with Crippen LogP contribution < -0.4 is 5.32 Å². The summed E-state index contributed by atoms with van der Waals surface area (Å²) in [6.07, 6.45) is -6.47. The molecule has 2 aromatic rings. The molecule has 2 aromatic carbocycles. The van der Waals surface area contributed by atoms with Crippen molar-refractivity contribution in [2.75, 3.05) is 26.3 Å². The minimum absolute atomic E-state index is 0.0617. The number of ketones is 1. The van der Waals surface area contributed by atoms with Gasteiger partial charge >= 0.3 is 12.4 Å². The number of benzene rings is 2. The van der Waals surface area contributed by atoms with Gasteiger partial charge in [0.15, 0.2) is 5.78 Å². The van der Waals surface area contributed by atoms with Crippen molar-refractivity contribution in [1.29, 1.82) is 0 Å². The van der Waals surface area contributed by atoms with Gasteiger partial charge in [-0.2, -0.15) is 26.3 Å². The summed E-state index contributed by atoms with van der Waals surface area (Å²) < 4.78 is 85.4. The predicted molar refractivity (Wildman–Crippen MR) is 138 cm³/mol. The molecule has 3 fully saturated rings. The largest absolute Gasteiger partial charge is 0.416 e. The number of rotatable bonds is 5. The van der Waals surface area contributed by atoms with Crippen LogP contribution in [0.5, 0.6) is 0 Å². The predicted octanol–water partition coefficient (Wildman–Crippen LogP) is 5.90. The molecule has 5 nitrogen and oxygen atoms in total. The maximum absolute atomic E-state index is 13.3. The van der Waals surface area contributed by atoms with Crippen LogP contribution in [0.2, 0.25) is 0 Å². The summed E-state index contributed by atoms with van der Waals surface area (Å²) in [4.78, 5) is 27.9. The molecule has 2 heterocycles. The average molecular weight is 583 g/mol. The number of carbonyl (C=O) groups is 2. The minimum Gasteiger partial charge on any atom is -0.373 e. The number of nitrogens with zero attached hydrogens (tertiary/aromatic N) is 1. The zero-order chi connectivity index (χ0) is 29.5. The van der Waals surface area contributed by atoms with E-state index in [0.717, 1.165) is 44.3 Å². The molecule has 1 saturated carbocycles. The summed E-state index contributed by atoms with van der Waals surface area (Å²) in [6.45, 7) is 2.22. The molecule has 11 heteroatoms. The first kappa shape index (κ1) is 29.6. The van der Waals surface area contributed by atoms with Crippen molar-refractivity contribution < 1.29 is 40.7 Å². The molecule has 0 aromatic heterocycles. The lowest BCUT2D eigenvalue weighted by molar-refractivity contribution is -0.143. The third-order valence-corrected chi connectivity index (χ3v) is 9.00. The highest BCUT2D eigenvalue weighted by atomic mass is 19.4. The molecule has 222 valence electrons. The van der Waals surface area contributed by atoms with Crippen LogP contribution >= 0.6 is 0 Å². The summed E-state index contributed by atoms with van der Waals surface area (Å²) in [5, 5.41) is 3.00. The van der Waals surface area contributed by atoms with Crippen LogP contribution in [-0.2, 0) is 38.6 Å². The van der Waals surface area contributed by atoms with Gasteiger partial charge in [0.25, 0.3) is 0 Å². The maximum atomic E-state index is 13.3. The van der Waals surface area contributed by atoms with Gasteiger partial charge in [-0.05, 0) is 80.9 Å². The SMILES string of the molecule is O=C(Cc1cc(C(F)(F)F)cc(C(F)(F)F)c1)NC1(c2ccccc2)CCC(N2CCC3(CC2)COCC3=O)CC1. The number of amides is 1. The average Bonchev–Trinajstić information content (AvgIpc) is 3.28. The van der Waals surface area contributed by atoms with Gasteiger partial charge in [0, 0.05) is 6.04 Å². The van der Waals surface area contributed by atoms with Crippen LogP contribution in [0.25, 0.3) is 0 Å². The Kier molecular flexibility index (Phi) is 7.97.